The summed E-state index contributed by atoms with van der Waals surface area (Å²) in [6.45, 7) is 0.252. The van der Waals surface area contributed by atoms with E-state index in [2.05, 4.69) is 31.9 Å². The van der Waals surface area contributed by atoms with Crippen LogP contribution < -0.4 is 5.32 Å². The predicted octanol–water partition coefficient (Wildman–Crippen LogP) is 6.54. The van der Waals surface area contributed by atoms with Gasteiger partial charge in [-0.2, -0.15) is 26.3 Å². The first-order valence-corrected chi connectivity index (χ1v) is 13.0. The molecule has 2 aromatic carbocycles. The maximum absolute atomic E-state index is 12.6. The Bertz CT molecular complexity index is 1190. The second kappa shape index (κ2) is 9.91. The summed E-state index contributed by atoms with van der Waals surface area (Å²) in [5, 5.41) is 1.96. The number of nitrogens with one attached hydrogen (secondary N) is 1. The molecule has 1 heterocycles. The van der Waals surface area contributed by atoms with Crippen LogP contribution in [0.15, 0.2) is 51.4 Å². The van der Waals surface area contributed by atoms with Gasteiger partial charge in [0.15, 0.2) is 0 Å². The van der Waals surface area contributed by atoms with E-state index in [1.54, 1.807) is 0 Å². The lowest BCUT2D eigenvalue weighted by molar-refractivity contribution is -0.187. The molecule has 12 heteroatoms. The molecule has 0 atom stereocenters. The molecular formula is C25H22Br2F6N2O2. The molecule has 2 fully saturated rings. The normalized spacial score (nSPS) is 18.9. The van der Waals surface area contributed by atoms with Crippen LogP contribution in [-0.4, -0.2) is 42.2 Å². The monoisotopic (exact) mass is 654 g/mol. The number of benzene rings is 2. The van der Waals surface area contributed by atoms with Crippen molar-refractivity contribution in [1.82, 2.24) is 10.2 Å². The van der Waals surface area contributed by atoms with E-state index in [-0.39, 0.29) is 30.5 Å². The number of nitrogens with zero attached hydrogens (tertiary/aromatic N) is 1. The fraction of sp³-hybridized carbons (Fsp3) is 0.440. The molecule has 1 aliphatic heterocycles. The van der Waals surface area contributed by atoms with Crippen LogP contribution in [0, 0.1) is 0 Å². The van der Waals surface area contributed by atoms with Crippen LogP contribution in [0.3, 0.4) is 0 Å². The fourth-order valence-corrected chi connectivity index (χ4v) is 5.37. The van der Waals surface area contributed by atoms with Gasteiger partial charge in [0.2, 0.25) is 0 Å². The standard InChI is InChI=1S/C13H11BrF3NO.C12H11BrF3NO/c14-9-1-2-10-8(5-9)6-18(7-12(10)3-4-12)11(19)13(15,16)17;13-9-3-1-8(2-4-9)11(5-6-11)7-17-10(18)12(14,15)16/h1-2,5H,3-4,6-7H2;1-4H,5-7H2,(H,17,18). The van der Waals surface area contributed by atoms with Crippen molar-refractivity contribution >= 4 is 43.7 Å². The molecule has 1 N–H and O–H groups in total. The van der Waals surface area contributed by atoms with E-state index in [0.717, 1.165) is 56.2 Å². The molecule has 0 radical (unpaired) electrons. The topological polar surface area (TPSA) is 49.4 Å². The number of fused-ring (bicyclic) bond motifs is 2. The minimum absolute atomic E-state index is 0.0347. The van der Waals surface area contributed by atoms with Crippen LogP contribution in [0.5, 0.6) is 0 Å². The first-order chi connectivity index (χ1) is 17.2. The summed E-state index contributed by atoms with van der Waals surface area (Å²) < 4.78 is 75.7. The van der Waals surface area contributed by atoms with Crippen LogP contribution in [0.4, 0.5) is 26.3 Å². The number of hydrogen-bond acceptors (Lipinski definition) is 2. The molecule has 2 saturated carbocycles. The number of amides is 2. The molecular weight excluding hydrogens is 634 g/mol. The summed E-state index contributed by atoms with van der Waals surface area (Å²) in [6.07, 6.45) is -6.30. The number of rotatable bonds is 3. The van der Waals surface area contributed by atoms with E-state index in [1.807, 2.05) is 47.8 Å². The van der Waals surface area contributed by atoms with E-state index in [9.17, 15) is 35.9 Å². The minimum atomic E-state index is -4.81. The quantitative estimate of drug-likeness (QED) is 0.382. The summed E-state index contributed by atoms with van der Waals surface area (Å²) in [6, 6.07) is 13.1. The first kappa shape index (κ1) is 27.9. The zero-order chi connectivity index (χ0) is 27.2. The van der Waals surface area contributed by atoms with Gasteiger partial charge in [-0.25, -0.2) is 0 Å². The largest absolute Gasteiger partial charge is 0.471 e. The van der Waals surface area contributed by atoms with Crippen LogP contribution in [0.2, 0.25) is 0 Å². The maximum Gasteiger partial charge on any atom is 0.471 e. The highest BCUT2D eigenvalue weighted by Crippen LogP contribution is 2.53. The van der Waals surface area contributed by atoms with E-state index >= 15 is 0 Å². The van der Waals surface area contributed by atoms with Crippen molar-refractivity contribution in [3.8, 4) is 0 Å². The van der Waals surface area contributed by atoms with Crippen molar-refractivity contribution in [2.24, 2.45) is 0 Å². The predicted molar refractivity (Wildman–Crippen MR) is 131 cm³/mol. The van der Waals surface area contributed by atoms with Gasteiger partial charge in [0.25, 0.3) is 0 Å². The molecule has 3 aliphatic rings. The zero-order valence-electron chi connectivity index (χ0n) is 19.3. The minimum Gasteiger partial charge on any atom is -0.347 e. The van der Waals surface area contributed by atoms with Crippen molar-refractivity contribution in [3.05, 3.63) is 68.1 Å². The lowest BCUT2D eigenvalue weighted by atomic mass is 9.87. The molecule has 0 unspecified atom stereocenters. The molecule has 5 rings (SSSR count). The van der Waals surface area contributed by atoms with Gasteiger partial charge < -0.3 is 10.2 Å². The van der Waals surface area contributed by atoms with Crippen molar-refractivity contribution < 1.29 is 35.9 Å². The summed E-state index contributed by atoms with van der Waals surface area (Å²) >= 11 is 6.62. The Morgan fingerprint density at radius 3 is 1.97 bits per heavy atom. The van der Waals surface area contributed by atoms with Gasteiger partial charge >= 0.3 is 24.2 Å². The average Bonchev–Trinajstić information content (AvgIpc) is 3.74. The number of alkyl halides is 6. The highest BCUT2D eigenvalue weighted by Gasteiger charge is 2.53. The molecule has 0 bridgehead atoms. The summed E-state index contributed by atoms with van der Waals surface area (Å²) in [5.74, 6) is -3.60. The molecule has 2 aromatic rings. The van der Waals surface area contributed by atoms with E-state index in [1.165, 1.54) is 0 Å². The Morgan fingerprint density at radius 2 is 1.46 bits per heavy atom. The summed E-state index contributed by atoms with van der Waals surface area (Å²) in [4.78, 5) is 23.1. The summed E-state index contributed by atoms with van der Waals surface area (Å²) in [7, 11) is 0. The second-order valence-electron chi connectivity index (χ2n) is 9.71. The molecule has 2 amide bonds. The van der Waals surface area contributed by atoms with Gasteiger partial charge in [0.1, 0.15) is 0 Å². The smallest absolute Gasteiger partial charge is 0.347 e. The van der Waals surface area contributed by atoms with Gasteiger partial charge in [-0.15, -0.1) is 0 Å². The Kier molecular flexibility index (Phi) is 7.48. The maximum atomic E-state index is 12.6. The first-order valence-electron chi connectivity index (χ1n) is 11.4. The Labute approximate surface area is 226 Å². The van der Waals surface area contributed by atoms with Crippen LogP contribution in [-0.2, 0) is 27.0 Å². The second-order valence-corrected chi connectivity index (χ2v) is 11.5. The Balaban J connectivity index is 0.000000173. The van der Waals surface area contributed by atoms with Gasteiger partial charge in [-0.05, 0) is 66.6 Å². The molecule has 0 saturated heterocycles. The molecule has 1 spiro atoms. The van der Waals surface area contributed by atoms with Gasteiger partial charge in [0.05, 0.1) is 0 Å². The summed E-state index contributed by atoms with van der Waals surface area (Å²) in [5.41, 5.74) is 2.32. The molecule has 200 valence electrons. The van der Waals surface area contributed by atoms with Crippen molar-refractivity contribution in [3.63, 3.8) is 0 Å². The molecule has 0 aromatic heterocycles. The third-order valence-electron chi connectivity index (χ3n) is 7.03. The fourth-order valence-electron chi connectivity index (χ4n) is 4.70. The van der Waals surface area contributed by atoms with Gasteiger partial charge in [-0.1, -0.05) is 50.1 Å². The molecule has 37 heavy (non-hydrogen) atoms. The van der Waals surface area contributed by atoms with Gasteiger partial charge in [0, 0.05) is 39.4 Å². The number of halogens is 8. The van der Waals surface area contributed by atoms with Crippen molar-refractivity contribution in [2.75, 3.05) is 13.1 Å². The third-order valence-corrected chi connectivity index (χ3v) is 8.05. The van der Waals surface area contributed by atoms with Crippen molar-refractivity contribution in [2.45, 2.75) is 55.4 Å². The highest BCUT2D eigenvalue weighted by molar-refractivity contribution is 9.10. The Morgan fingerprint density at radius 1 is 0.865 bits per heavy atom. The lowest BCUT2D eigenvalue weighted by Gasteiger charge is -2.35. The number of hydrogen-bond donors (Lipinski definition) is 1. The third kappa shape index (κ3) is 6.32. The number of carbonyl (C=O) groups excluding carboxylic acids is 2. The highest BCUT2D eigenvalue weighted by atomic mass is 79.9. The molecule has 4 nitrogen and oxygen atoms in total. The van der Waals surface area contributed by atoms with Crippen LogP contribution in [0.25, 0.3) is 0 Å². The van der Waals surface area contributed by atoms with E-state index in [4.69, 9.17) is 0 Å². The number of carbonyl (C=O) groups is 2. The SMILES string of the molecule is O=C(N1Cc2cc(Br)ccc2C2(CC2)C1)C(F)(F)F.O=C(NCC1(c2ccc(Br)cc2)CC1)C(F)(F)F. The van der Waals surface area contributed by atoms with E-state index in [0.29, 0.717) is 0 Å². The molecule has 2 aliphatic carbocycles. The average molecular weight is 656 g/mol. The zero-order valence-corrected chi connectivity index (χ0v) is 22.5. The van der Waals surface area contributed by atoms with Crippen molar-refractivity contribution in [1.29, 1.82) is 0 Å². The lowest BCUT2D eigenvalue weighted by Crippen LogP contribution is -2.47. The van der Waals surface area contributed by atoms with Crippen LogP contribution >= 0.6 is 31.9 Å². The van der Waals surface area contributed by atoms with Crippen LogP contribution in [0.1, 0.15) is 42.4 Å². The van der Waals surface area contributed by atoms with Gasteiger partial charge in [-0.3, -0.25) is 9.59 Å². The Hall–Kier alpha value is -2.08. The van der Waals surface area contributed by atoms with E-state index < -0.39 is 24.2 Å².